The van der Waals surface area contributed by atoms with Gasteiger partial charge in [-0.1, -0.05) is 24.3 Å². The first kappa shape index (κ1) is 22.8. The Balaban J connectivity index is 1.64. The number of amides is 1. The first-order valence-electron chi connectivity index (χ1n) is 9.84. The first-order valence-corrected chi connectivity index (χ1v) is 10.7. The fourth-order valence-electron chi connectivity index (χ4n) is 2.98. The number of aryl methyl sites for hydroxylation is 2. The zero-order valence-corrected chi connectivity index (χ0v) is 18.9. The first-order chi connectivity index (χ1) is 15.5. The van der Waals surface area contributed by atoms with Crippen molar-refractivity contribution in [2.24, 2.45) is 0 Å². The third kappa shape index (κ3) is 5.86. The molecule has 3 rings (SSSR count). The molecule has 164 valence electrons. The normalized spacial score (nSPS) is 10.9. The van der Waals surface area contributed by atoms with Crippen molar-refractivity contribution in [3.05, 3.63) is 70.2 Å². The maximum atomic E-state index is 12.3. The van der Waals surface area contributed by atoms with E-state index in [4.69, 9.17) is 14.2 Å². The fraction of sp³-hybridized carbons (Fsp3) is 0.208. The van der Waals surface area contributed by atoms with Gasteiger partial charge in [-0.3, -0.25) is 10.1 Å². The number of hydrogen-bond donors (Lipinski definition) is 1. The van der Waals surface area contributed by atoms with Crippen molar-refractivity contribution in [3.8, 4) is 23.3 Å². The quantitative estimate of drug-likeness (QED) is 0.287. The van der Waals surface area contributed by atoms with Gasteiger partial charge in [0, 0.05) is 11.6 Å². The van der Waals surface area contributed by atoms with Gasteiger partial charge in [-0.15, -0.1) is 11.3 Å². The predicted molar refractivity (Wildman–Crippen MR) is 124 cm³/mol. The lowest BCUT2D eigenvalue weighted by atomic mass is 10.1. The highest BCUT2D eigenvalue weighted by Crippen LogP contribution is 2.29. The number of nitriles is 1. The van der Waals surface area contributed by atoms with Gasteiger partial charge >= 0.3 is 0 Å². The summed E-state index contributed by atoms with van der Waals surface area (Å²) in [5, 5.41) is 14.1. The van der Waals surface area contributed by atoms with Crippen LogP contribution in [0.5, 0.6) is 17.2 Å². The van der Waals surface area contributed by atoms with E-state index in [-0.39, 0.29) is 5.57 Å². The molecule has 0 atom stereocenters. The van der Waals surface area contributed by atoms with Crippen molar-refractivity contribution in [2.45, 2.75) is 13.8 Å². The Morgan fingerprint density at radius 2 is 1.91 bits per heavy atom. The second kappa shape index (κ2) is 11.0. The van der Waals surface area contributed by atoms with Gasteiger partial charge in [-0.25, -0.2) is 4.98 Å². The maximum absolute atomic E-state index is 12.3. The van der Waals surface area contributed by atoms with E-state index in [1.807, 2.05) is 38.1 Å². The summed E-state index contributed by atoms with van der Waals surface area (Å²) in [6.45, 7) is 4.72. The van der Waals surface area contributed by atoms with E-state index < -0.39 is 5.91 Å². The van der Waals surface area contributed by atoms with Crippen molar-refractivity contribution in [1.29, 1.82) is 5.26 Å². The summed E-state index contributed by atoms with van der Waals surface area (Å²) in [6, 6.07) is 13.1. The molecule has 0 radical (unpaired) electrons. The van der Waals surface area contributed by atoms with Crippen LogP contribution in [-0.4, -0.2) is 31.2 Å². The summed E-state index contributed by atoms with van der Waals surface area (Å²) in [5.74, 6) is 1.37. The Hall–Kier alpha value is -3.83. The van der Waals surface area contributed by atoms with Crippen molar-refractivity contribution >= 4 is 28.5 Å². The van der Waals surface area contributed by atoms with Crippen LogP contribution in [0.4, 0.5) is 5.13 Å². The zero-order chi connectivity index (χ0) is 22.9. The van der Waals surface area contributed by atoms with E-state index >= 15 is 0 Å². The van der Waals surface area contributed by atoms with E-state index in [0.717, 1.165) is 16.9 Å². The molecule has 3 aromatic rings. The van der Waals surface area contributed by atoms with Gasteiger partial charge in [0.1, 0.15) is 30.6 Å². The maximum Gasteiger partial charge on any atom is 0.268 e. The Morgan fingerprint density at radius 1 is 1.16 bits per heavy atom. The zero-order valence-electron chi connectivity index (χ0n) is 18.0. The largest absolute Gasteiger partial charge is 0.493 e. The molecule has 7 nitrogen and oxygen atoms in total. The van der Waals surface area contributed by atoms with E-state index in [0.29, 0.717) is 35.4 Å². The number of carbonyl (C=O) groups excluding carboxylic acids is 1. The third-order valence-electron chi connectivity index (χ3n) is 4.51. The number of benzene rings is 2. The molecule has 2 aromatic carbocycles. The molecule has 32 heavy (non-hydrogen) atoms. The van der Waals surface area contributed by atoms with Crippen LogP contribution in [0, 0.1) is 25.2 Å². The number of methoxy groups -OCH3 is 1. The highest BCUT2D eigenvalue weighted by Gasteiger charge is 2.12. The smallest absolute Gasteiger partial charge is 0.268 e. The van der Waals surface area contributed by atoms with Crippen LogP contribution in [0.25, 0.3) is 6.08 Å². The predicted octanol–water partition coefficient (Wildman–Crippen LogP) is 4.77. The number of para-hydroxylation sites is 1. The minimum absolute atomic E-state index is 0.0436. The Morgan fingerprint density at radius 3 is 2.56 bits per heavy atom. The molecule has 1 N–H and O–H groups in total. The standard InChI is InChI=1S/C24H23N3O4S/c1-16-5-4-6-17(2)22(16)31-11-10-30-20-8-7-18(14-21(20)29-3)13-19(15-25)23(28)27-24-26-9-12-32-24/h4-9,12-14H,10-11H2,1-3H3,(H,26,27,28). The van der Waals surface area contributed by atoms with Crippen molar-refractivity contribution < 1.29 is 19.0 Å². The number of aromatic nitrogens is 1. The number of thiazole rings is 1. The van der Waals surface area contributed by atoms with Crippen LogP contribution < -0.4 is 19.5 Å². The number of nitrogens with zero attached hydrogens (tertiary/aromatic N) is 2. The van der Waals surface area contributed by atoms with Crippen LogP contribution >= 0.6 is 11.3 Å². The lowest BCUT2D eigenvalue weighted by Gasteiger charge is -2.14. The topological polar surface area (TPSA) is 93.5 Å². The molecule has 1 aromatic heterocycles. The van der Waals surface area contributed by atoms with Gasteiger partial charge in [-0.05, 0) is 48.7 Å². The van der Waals surface area contributed by atoms with Crippen LogP contribution in [0.15, 0.2) is 53.5 Å². The number of hydrogen-bond acceptors (Lipinski definition) is 7. The second-order valence-corrected chi connectivity index (χ2v) is 7.68. The van der Waals surface area contributed by atoms with Crippen LogP contribution in [0.1, 0.15) is 16.7 Å². The Kier molecular flexibility index (Phi) is 7.84. The summed E-state index contributed by atoms with van der Waals surface area (Å²) in [7, 11) is 1.53. The number of carbonyl (C=O) groups is 1. The molecule has 8 heteroatoms. The summed E-state index contributed by atoms with van der Waals surface area (Å²) >= 11 is 1.28. The molecule has 0 fully saturated rings. The summed E-state index contributed by atoms with van der Waals surface area (Å²) in [6.07, 6.45) is 3.06. The van der Waals surface area contributed by atoms with Gasteiger partial charge in [0.2, 0.25) is 0 Å². The molecular weight excluding hydrogens is 426 g/mol. The SMILES string of the molecule is COc1cc(C=C(C#N)C(=O)Nc2nccs2)ccc1OCCOc1c(C)cccc1C. The van der Waals surface area contributed by atoms with Gasteiger partial charge in [0.05, 0.1) is 7.11 Å². The Bertz CT molecular complexity index is 1130. The highest BCUT2D eigenvalue weighted by molar-refractivity contribution is 7.13. The van der Waals surface area contributed by atoms with Crippen LogP contribution in [0.2, 0.25) is 0 Å². The van der Waals surface area contributed by atoms with E-state index in [1.54, 1.807) is 29.8 Å². The second-order valence-electron chi connectivity index (χ2n) is 6.79. The molecule has 0 saturated carbocycles. The van der Waals surface area contributed by atoms with E-state index in [9.17, 15) is 10.1 Å². The molecular formula is C24H23N3O4S. The molecule has 0 aliphatic rings. The molecule has 0 aliphatic carbocycles. The van der Waals surface area contributed by atoms with Crippen LogP contribution in [0.3, 0.4) is 0 Å². The number of ether oxygens (including phenoxy) is 3. The average Bonchev–Trinajstić information content (AvgIpc) is 3.30. The summed E-state index contributed by atoms with van der Waals surface area (Å²) in [4.78, 5) is 16.3. The lowest BCUT2D eigenvalue weighted by molar-refractivity contribution is -0.112. The molecule has 0 unspecified atom stereocenters. The summed E-state index contributed by atoms with van der Waals surface area (Å²) in [5.41, 5.74) is 2.74. The monoisotopic (exact) mass is 449 g/mol. The fourth-order valence-corrected chi connectivity index (χ4v) is 3.50. The van der Waals surface area contributed by atoms with Gasteiger partial charge in [-0.2, -0.15) is 5.26 Å². The van der Waals surface area contributed by atoms with Crippen molar-refractivity contribution in [2.75, 3.05) is 25.6 Å². The van der Waals surface area contributed by atoms with E-state index in [2.05, 4.69) is 10.3 Å². The molecule has 1 heterocycles. The lowest BCUT2D eigenvalue weighted by Crippen LogP contribution is -2.13. The minimum Gasteiger partial charge on any atom is -0.493 e. The minimum atomic E-state index is -0.523. The third-order valence-corrected chi connectivity index (χ3v) is 5.20. The van der Waals surface area contributed by atoms with Crippen molar-refractivity contribution in [3.63, 3.8) is 0 Å². The number of nitrogens with one attached hydrogen (secondary N) is 1. The van der Waals surface area contributed by atoms with Crippen molar-refractivity contribution in [1.82, 2.24) is 4.98 Å². The number of rotatable bonds is 9. The molecule has 0 saturated heterocycles. The van der Waals surface area contributed by atoms with Gasteiger partial charge in [0.25, 0.3) is 5.91 Å². The molecule has 1 amide bonds. The highest BCUT2D eigenvalue weighted by atomic mass is 32.1. The summed E-state index contributed by atoms with van der Waals surface area (Å²) < 4.78 is 17.1. The molecule has 0 bridgehead atoms. The van der Waals surface area contributed by atoms with Crippen LogP contribution in [-0.2, 0) is 4.79 Å². The molecule has 0 aliphatic heterocycles. The van der Waals surface area contributed by atoms with Gasteiger partial charge < -0.3 is 14.2 Å². The van der Waals surface area contributed by atoms with Gasteiger partial charge in [0.15, 0.2) is 16.6 Å². The Labute approximate surface area is 190 Å². The average molecular weight is 450 g/mol. The molecule has 0 spiro atoms. The number of anilines is 1. The van der Waals surface area contributed by atoms with E-state index in [1.165, 1.54) is 24.5 Å².